The fourth-order valence-corrected chi connectivity index (χ4v) is 1.39. The molecule has 0 aliphatic rings. The van der Waals surface area contributed by atoms with Crippen molar-refractivity contribution in [1.29, 1.82) is 0 Å². The van der Waals surface area contributed by atoms with Gasteiger partial charge in [-0.25, -0.2) is 13.2 Å². The van der Waals surface area contributed by atoms with Crippen molar-refractivity contribution in [3.63, 3.8) is 0 Å². The summed E-state index contributed by atoms with van der Waals surface area (Å²) < 4.78 is 21.6. The van der Waals surface area contributed by atoms with Crippen molar-refractivity contribution in [2.45, 2.75) is 18.6 Å². The normalized spacial score (nSPS) is 11.8. The molecule has 0 atom stereocenters. The van der Waals surface area contributed by atoms with Gasteiger partial charge < -0.3 is 20.4 Å². The summed E-state index contributed by atoms with van der Waals surface area (Å²) in [5, 5.41) is 19.4. The number of nitrogens with one attached hydrogen (secondary N) is 1. The molecular formula is C10H18N2O7S. The van der Waals surface area contributed by atoms with E-state index in [0.717, 1.165) is 6.26 Å². The van der Waals surface area contributed by atoms with E-state index in [0.29, 0.717) is 4.90 Å². The second-order valence-electron chi connectivity index (χ2n) is 4.83. The lowest BCUT2D eigenvalue weighted by Gasteiger charge is -2.25. The third-order valence-corrected chi connectivity index (χ3v) is 4.76. The quantitative estimate of drug-likeness (QED) is 0.547. The minimum atomic E-state index is -3.44. The summed E-state index contributed by atoms with van der Waals surface area (Å²) in [5.41, 5.74) is 0. The van der Waals surface area contributed by atoms with Gasteiger partial charge in [0, 0.05) is 12.8 Å². The number of sulfone groups is 1. The van der Waals surface area contributed by atoms with E-state index in [4.69, 9.17) is 10.2 Å². The van der Waals surface area contributed by atoms with E-state index >= 15 is 0 Å². The zero-order valence-corrected chi connectivity index (χ0v) is 12.2. The predicted octanol–water partition coefficient (Wildman–Crippen LogP) is -1.01. The Morgan fingerprint density at radius 3 is 1.80 bits per heavy atom. The molecule has 0 unspecified atom stereocenters. The number of carbonyl (C=O) groups excluding carboxylic acids is 1. The zero-order chi connectivity index (χ0) is 16.1. The molecule has 0 aliphatic carbocycles. The maximum absolute atomic E-state index is 11.7. The van der Waals surface area contributed by atoms with E-state index in [1.54, 1.807) is 0 Å². The summed E-state index contributed by atoms with van der Waals surface area (Å²) in [5.74, 6) is -2.74. The Hall–Kier alpha value is -1.84. The lowest BCUT2D eigenvalue weighted by Crippen LogP contribution is -2.50. The summed E-state index contributed by atoms with van der Waals surface area (Å²) in [6.45, 7) is 0.929. The van der Waals surface area contributed by atoms with Crippen molar-refractivity contribution in [3.8, 4) is 0 Å². The molecular weight excluding hydrogens is 292 g/mol. The van der Waals surface area contributed by atoms with Gasteiger partial charge in [-0.05, 0) is 13.8 Å². The van der Waals surface area contributed by atoms with Crippen LogP contribution in [0.3, 0.4) is 0 Å². The minimum absolute atomic E-state index is 0.263. The molecule has 20 heavy (non-hydrogen) atoms. The van der Waals surface area contributed by atoms with Crippen molar-refractivity contribution >= 4 is 27.8 Å². The third-order valence-electron chi connectivity index (χ3n) is 2.61. The minimum Gasteiger partial charge on any atom is -0.480 e. The highest BCUT2D eigenvalue weighted by Crippen LogP contribution is 2.13. The number of rotatable bonds is 7. The molecule has 116 valence electrons. The maximum Gasteiger partial charge on any atom is 0.323 e. The van der Waals surface area contributed by atoms with E-state index in [9.17, 15) is 22.8 Å². The van der Waals surface area contributed by atoms with Gasteiger partial charge in [0.1, 0.15) is 13.1 Å². The number of nitrogens with zero attached hydrogens (tertiary/aromatic N) is 1. The summed E-state index contributed by atoms with van der Waals surface area (Å²) in [7, 11) is -3.44. The second kappa shape index (κ2) is 6.55. The molecule has 0 radical (unpaired) electrons. The van der Waals surface area contributed by atoms with Crippen molar-refractivity contribution in [3.05, 3.63) is 0 Å². The Labute approximate surface area is 116 Å². The number of urea groups is 1. The lowest BCUT2D eigenvalue weighted by molar-refractivity contribution is -0.140. The highest BCUT2D eigenvalue weighted by atomic mass is 32.2. The molecule has 0 aromatic rings. The van der Waals surface area contributed by atoms with Crippen LogP contribution < -0.4 is 5.32 Å². The second-order valence-corrected chi connectivity index (χ2v) is 7.48. The number of aliphatic carboxylic acids is 2. The lowest BCUT2D eigenvalue weighted by atomic mass is 10.2. The van der Waals surface area contributed by atoms with Gasteiger partial charge >= 0.3 is 18.0 Å². The molecule has 0 aromatic carbocycles. The van der Waals surface area contributed by atoms with Gasteiger partial charge in [0.25, 0.3) is 0 Å². The van der Waals surface area contributed by atoms with Crippen molar-refractivity contribution in [1.82, 2.24) is 10.2 Å². The Morgan fingerprint density at radius 1 is 1.10 bits per heavy atom. The van der Waals surface area contributed by atoms with Gasteiger partial charge in [0.2, 0.25) is 0 Å². The molecule has 10 heteroatoms. The van der Waals surface area contributed by atoms with Crippen molar-refractivity contribution < 1.29 is 33.0 Å². The average Bonchev–Trinajstić information content (AvgIpc) is 2.22. The first-order valence-electron chi connectivity index (χ1n) is 5.53. The molecule has 0 fully saturated rings. The van der Waals surface area contributed by atoms with Gasteiger partial charge in [0.05, 0.1) is 4.75 Å². The molecule has 0 heterocycles. The number of hydrogen-bond acceptors (Lipinski definition) is 5. The van der Waals surface area contributed by atoms with Gasteiger partial charge in [-0.3, -0.25) is 9.59 Å². The van der Waals surface area contributed by atoms with E-state index in [-0.39, 0.29) is 6.54 Å². The first kappa shape index (κ1) is 18.2. The summed E-state index contributed by atoms with van der Waals surface area (Å²) >= 11 is 0. The number of carboxylic acid groups (broad SMARTS) is 2. The fraction of sp³-hybridized carbons (Fsp3) is 0.700. The first-order chi connectivity index (χ1) is 8.86. The zero-order valence-electron chi connectivity index (χ0n) is 11.4. The standard InChI is InChI=1S/C10H18N2O7S/c1-10(2,20(3,18)19)6-11-9(17)12(4-7(13)14)5-8(15)16/h4-6H2,1-3H3,(H,11,17)(H,13,14)(H,15,16). The van der Waals surface area contributed by atoms with Crippen LogP contribution in [-0.4, -0.2) is 72.1 Å². The third kappa shape index (κ3) is 5.87. The monoisotopic (exact) mass is 310 g/mol. The fourth-order valence-electron chi connectivity index (χ4n) is 1.06. The average molecular weight is 310 g/mol. The van der Waals surface area contributed by atoms with Crippen molar-refractivity contribution in [2.75, 3.05) is 25.9 Å². The molecule has 0 aliphatic heterocycles. The molecule has 2 amide bonds. The summed E-state index contributed by atoms with van der Waals surface area (Å²) in [4.78, 5) is 33.3. The van der Waals surface area contributed by atoms with E-state index < -0.39 is 45.6 Å². The van der Waals surface area contributed by atoms with E-state index in [1.165, 1.54) is 13.8 Å². The van der Waals surface area contributed by atoms with Crippen LogP contribution in [0.5, 0.6) is 0 Å². The Bertz CT molecular complexity index is 482. The molecule has 0 aromatic heterocycles. The molecule has 0 rings (SSSR count). The van der Waals surface area contributed by atoms with Crippen LogP contribution in [0, 0.1) is 0 Å². The maximum atomic E-state index is 11.7. The molecule has 0 spiro atoms. The van der Waals surface area contributed by atoms with Crippen LogP contribution in [-0.2, 0) is 19.4 Å². The Kier molecular flexibility index (Phi) is 5.95. The summed E-state index contributed by atoms with van der Waals surface area (Å²) in [6, 6.07) is -0.952. The molecule has 3 N–H and O–H groups in total. The van der Waals surface area contributed by atoms with Gasteiger partial charge in [-0.15, -0.1) is 0 Å². The molecule has 0 saturated carbocycles. The number of amides is 2. The van der Waals surface area contributed by atoms with Gasteiger partial charge in [-0.2, -0.15) is 0 Å². The molecule has 9 nitrogen and oxygen atoms in total. The van der Waals surface area contributed by atoms with Gasteiger partial charge in [0.15, 0.2) is 9.84 Å². The first-order valence-corrected chi connectivity index (χ1v) is 7.42. The van der Waals surface area contributed by atoms with Crippen LogP contribution in [0.1, 0.15) is 13.8 Å². The number of carboxylic acids is 2. The van der Waals surface area contributed by atoms with E-state index in [2.05, 4.69) is 5.32 Å². The highest BCUT2D eigenvalue weighted by Gasteiger charge is 2.31. The highest BCUT2D eigenvalue weighted by molar-refractivity contribution is 7.92. The van der Waals surface area contributed by atoms with Crippen LogP contribution in [0.4, 0.5) is 4.79 Å². The number of hydrogen-bond donors (Lipinski definition) is 3. The van der Waals surface area contributed by atoms with Crippen LogP contribution in [0.25, 0.3) is 0 Å². The van der Waals surface area contributed by atoms with Gasteiger partial charge in [-0.1, -0.05) is 0 Å². The van der Waals surface area contributed by atoms with E-state index in [1.807, 2.05) is 0 Å². The van der Waals surface area contributed by atoms with Crippen molar-refractivity contribution in [2.24, 2.45) is 0 Å². The Morgan fingerprint density at radius 2 is 1.50 bits per heavy atom. The molecule has 0 bridgehead atoms. The predicted molar refractivity (Wildman–Crippen MR) is 69.2 cm³/mol. The smallest absolute Gasteiger partial charge is 0.323 e. The number of carbonyl (C=O) groups is 3. The van der Waals surface area contributed by atoms with Crippen LogP contribution in [0.2, 0.25) is 0 Å². The topological polar surface area (TPSA) is 141 Å². The largest absolute Gasteiger partial charge is 0.480 e. The SMILES string of the molecule is CC(C)(CNC(=O)N(CC(=O)O)CC(=O)O)S(C)(=O)=O. The Balaban J connectivity index is 4.77. The molecule has 0 saturated heterocycles. The van der Waals surface area contributed by atoms with Crippen LogP contribution >= 0.6 is 0 Å². The van der Waals surface area contributed by atoms with Crippen LogP contribution in [0.15, 0.2) is 0 Å². The summed E-state index contributed by atoms with van der Waals surface area (Å²) in [6.07, 6.45) is 1.01.